The maximum atomic E-state index is 4.77. The Kier molecular flexibility index (Phi) is 8.54. The maximum absolute atomic E-state index is 4.77. The van der Waals surface area contributed by atoms with E-state index in [4.69, 9.17) is 19.9 Å². The molecule has 0 aliphatic rings. The Morgan fingerprint density at radius 3 is 0.963 bits per heavy atom. The normalized spacial score (nSPS) is 11.1. The van der Waals surface area contributed by atoms with E-state index in [1.165, 1.54) is 11.1 Å². The van der Waals surface area contributed by atoms with Crippen LogP contribution < -0.4 is 9.80 Å². The van der Waals surface area contributed by atoms with Crippen molar-refractivity contribution < 1.29 is 0 Å². The Hall–Kier alpha value is -7.18. The summed E-state index contributed by atoms with van der Waals surface area (Å²) in [6, 6.07) is 55.1. The second-order valence-corrected chi connectivity index (χ2v) is 13.4. The standard InChI is InChI=1S/C48H36N6/c1-33-15-19-35(20-16-33)47-39-25-23-38(54(45-13-5-9-29-51-45)46-14-6-10-30-52-46)32-42(39)48(36-21-17-34(2)18-22-36)40-26-24-37(31-41(40)47)53(43-11-3-7-27-49-43)44-12-4-8-28-50-44/h3-32H,1-2H3. The highest BCUT2D eigenvalue weighted by atomic mass is 15.2. The molecule has 9 aromatic rings. The van der Waals surface area contributed by atoms with E-state index in [2.05, 4.69) is 109 Å². The van der Waals surface area contributed by atoms with Crippen molar-refractivity contribution in [3.05, 3.63) is 194 Å². The third kappa shape index (κ3) is 6.10. The third-order valence-electron chi connectivity index (χ3n) is 9.79. The second kappa shape index (κ2) is 14.1. The summed E-state index contributed by atoms with van der Waals surface area (Å²) in [5, 5.41) is 4.56. The van der Waals surface area contributed by atoms with Crippen molar-refractivity contribution >= 4 is 56.2 Å². The van der Waals surface area contributed by atoms with E-state index in [1.54, 1.807) is 0 Å². The van der Waals surface area contributed by atoms with E-state index in [9.17, 15) is 0 Å². The Morgan fingerprint density at radius 1 is 0.333 bits per heavy atom. The van der Waals surface area contributed by atoms with Crippen LogP contribution in [0.1, 0.15) is 11.1 Å². The molecule has 0 spiro atoms. The summed E-state index contributed by atoms with van der Waals surface area (Å²) in [5.41, 5.74) is 8.97. The molecule has 0 bridgehead atoms. The topological polar surface area (TPSA) is 58.0 Å². The van der Waals surface area contributed by atoms with Gasteiger partial charge in [0, 0.05) is 36.2 Å². The first kappa shape index (κ1) is 32.7. The van der Waals surface area contributed by atoms with E-state index < -0.39 is 0 Å². The molecular formula is C48H36N6. The number of aryl methyl sites for hydroxylation is 2. The minimum atomic E-state index is 0.792. The lowest BCUT2D eigenvalue weighted by atomic mass is 9.85. The van der Waals surface area contributed by atoms with E-state index in [1.807, 2.05) is 97.6 Å². The lowest BCUT2D eigenvalue weighted by Gasteiger charge is -2.26. The molecular weight excluding hydrogens is 661 g/mol. The zero-order valence-electron chi connectivity index (χ0n) is 30.0. The molecule has 6 heteroatoms. The summed E-state index contributed by atoms with van der Waals surface area (Å²) >= 11 is 0. The average molecular weight is 697 g/mol. The molecule has 0 aliphatic carbocycles. The van der Waals surface area contributed by atoms with Crippen LogP contribution in [-0.4, -0.2) is 19.9 Å². The molecule has 0 radical (unpaired) electrons. The molecule has 0 saturated carbocycles. The van der Waals surface area contributed by atoms with Crippen LogP contribution in [0.4, 0.5) is 34.6 Å². The number of hydrogen-bond acceptors (Lipinski definition) is 6. The first-order chi connectivity index (χ1) is 26.6. The number of hydrogen-bond donors (Lipinski definition) is 0. The van der Waals surface area contributed by atoms with Gasteiger partial charge in [0.25, 0.3) is 0 Å². The predicted octanol–water partition coefficient (Wildman–Crippen LogP) is 12.5. The molecule has 0 atom stereocenters. The van der Waals surface area contributed by atoms with Crippen LogP contribution in [0.2, 0.25) is 0 Å². The van der Waals surface area contributed by atoms with Gasteiger partial charge in [0.15, 0.2) is 0 Å². The van der Waals surface area contributed by atoms with E-state index in [0.29, 0.717) is 0 Å². The van der Waals surface area contributed by atoms with Gasteiger partial charge in [-0.25, -0.2) is 19.9 Å². The Morgan fingerprint density at radius 2 is 0.667 bits per heavy atom. The van der Waals surface area contributed by atoms with Gasteiger partial charge < -0.3 is 0 Å². The highest BCUT2D eigenvalue weighted by molar-refractivity contribution is 6.22. The Balaban J connectivity index is 1.38. The summed E-state index contributed by atoms with van der Waals surface area (Å²) < 4.78 is 0. The van der Waals surface area contributed by atoms with Crippen molar-refractivity contribution in [2.75, 3.05) is 9.80 Å². The van der Waals surface area contributed by atoms with Crippen molar-refractivity contribution in [2.24, 2.45) is 0 Å². The zero-order valence-corrected chi connectivity index (χ0v) is 30.0. The van der Waals surface area contributed by atoms with E-state index in [-0.39, 0.29) is 0 Å². The average Bonchev–Trinajstić information content (AvgIpc) is 3.23. The van der Waals surface area contributed by atoms with Crippen LogP contribution in [0.5, 0.6) is 0 Å². The second-order valence-electron chi connectivity index (χ2n) is 13.4. The number of benzene rings is 5. The zero-order chi connectivity index (χ0) is 36.4. The predicted molar refractivity (Wildman–Crippen MR) is 222 cm³/mol. The van der Waals surface area contributed by atoms with Crippen LogP contribution in [0.25, 0.3) is 43.8 Å². The Bertz CT molecular complexity index is 2430. The van der Waals surface area contributed by atoms with Gasteiger partial charge in [-0.05, 0) is 130 Å². The van der Waals surface area contributed by atoms with Gasteiger partial charge in [-0.2, -0.15) is 0 Å². The molecule has 4 aromatic heterocycles. The summed E-state index contributed by atoms with van der Waals surface area (Å²) in [4.78, 5) is 23.3. The van der Waals surface area contributed by atoms with Crippen molar-refractivity contribution in [3.63, 3.8) is 0 Å². The number of pyridine rings is 4. The minimum Gasteiger partial charge on any atom is -0.279 e. The van der Waals surface area contributed by atoms with Crippen LogP contribution in [0.3, 0.4) is 0 Å². The van der Waals surface area contributed by atoms with Gasteiger partial charge in [0.1, 0.15) is 23.3 Å². The van der Waals surface area contributed by atoms with Crippen molar-refractivity contribution in [2.45, 2.75) is 13.8 Å². The van der Waals surface area contributed by atoms with Crippen molar-refractivity contribution in [1.82, 2.24) is 19.9 Å². The molecule has 0 unspecified atom stereocenters. The van der Waals surface area contributed by atoms with Crippen LogP contribution in [0, 0.1) is 13.8 Å². The number of anilines is 6. The number of nitrogens with zero attached hydrogens (tertiary/aromatic N) is 6. The van der Waals surface area contributed by atoms with Gasteiger partial charge in [0.2, 0.25) is 0 Å². The van der Waals surface area contributed by atoms with Crippen LogP contribution in [0.15, 0.2) is 183 Å². The molecule has 5 aromatic carbocycles. The maximum Gasteiger partial charge on any atom is 0.138 e. The third-order valence-corrected chi connectivity index (χ3v) is 9.79. The number of fused-ring (bicyclic) bond motifs is 2. The van der Waals surface area contributed by atoms with Crippen LogP contribution in [-0.2, 0) is 0 Å². The lowest BCUT2D eigenvalue weighted by molar-refractivity contribution is 1.13. The first-order valence-corrected chi connectivity index (χ1v) is 18.0. The van der Waals surface area contributed by atoms with Gasteiger partial charge in [-0.15, -0.1) is 0 Å². The molecule has 4 heterocycles. The van der Waals surface area contributed by atoms with Crippen molar-refractivity contribution in [3.8, 4) is 22.3 Å². The number of aromatic nitrogens is 4. The Labute approximate surface area is 314 Å². The quantitative estimate of drug-likeness (QED) is 0.147. The van der Waals surface area contributed by atoms with E-state index >= 15 is 0 Å². The monoisotopic (exact) mass is 696 g/mol. The molecule has 258 valence electrons. The highest BCUT2D eigenvalue weighted by Gasteiger charge is 2.23. The van der Waals surface area contributed by atoms with Gasteiger partial charge in [0.05, 0.1) is 0 Å². The van der Waals surface area contributed by atoms with Gasteiger partial charge in [-0.1, -0.05) is 96.1 Å². The lowest BCUT2D eigenvalue weighted by Crippen LogP contribution is -2.13. The first-order valence-electron chi connectivity index (χ1n) is 18.0. The smallest absolute Gasteiger partial charge is 0.138 e. The number of rotatable bonds is 8. The molecule has 0 fully saturated rings. The van der Waals surface area contributed by atoms with Crippen molar-refractivity contribution in [1.29, 1.82) is 0 Å². The molecule has 9 rings (SSSR count). The van der Waals surface area contributed by atoms with Gasteiger partial charge in [-0.3, -0.25) is 9.80 Å². The van der Waals surface area contributed by atoms with Gasteiger partial charge >= 0.3 is 0 Å². The summed E-state index contributed by atoms with van der Waals surface area (Å²) in [5.74, 6) is 3.17. The largest absolute Gasteiger partial charge is 0.279 e. The summed E-state index contributed by atoms with van der Waals surface area (Å²) in [7, 11) is 0. The summed E-state index contributed by atoms with van der Waals surface area (Å²) in [6.07, 6.45) is 7.29. The highest BCUT2D eigenvalue weighted by Crippen LogP contribution is 2.47. The molecule has 54 heavy (non-hydrogen) atoms. The molecule has 0 N–H and O–H groups in total. The van der Waals surface area contributed by atoms with E-state index in [0.717, 1.165) is 78.4 Å². The fourth-order valence-electron chi connectivity index (χ4n) is 7.25. The van der Waals surface area contributed by atoms with Crippen LogP contribution >= 0.6 is 0 Å². The molecule has 6 nitrogen and oxygen atoms in total. The molecule has 0 aliphatic heterocycles. The summed E-state index contributed by atoms with van der Waals surface area (Å²) in [6.45, 7) is 4.26. The minimum absolute atomic E-state index is 0.792. The SMILES string of the molecule is Cc1ccc(-c2c3ccc(N(c4ccccn4)c4ccccn4)cc3c(-c3ccc(C)cc3)c3ccc(N(c4ccccn4)c4ccccn4)cc23)cc1. The molecule has 0 saturated heterocycles. The fourth-order valence-corrected chi connectivity index (χ4v) is 7.25. The fraction of sp³-hybridized carbons (Fsp3) is 0.0417. The molecule has 0 amide bonds.